The SMILES string of the molecule is [2H]c1c([2H])c([2H])c(-c2cc(-c3cc(C(C)(C)C)ccc3N3c4cc(-c5cc(C(C)(C)C)cc(C(C)(C)C)c5)ccc4B4c5ccc(-c6cc(C(C)(C)C)cc(C(C)(C)C)c6)cc5N(c5ccc(C(C)(C)C)cc5-c5nc(-c6ccccc6)nc(-c6ccccc6)n5)c5cc(-c6cccc(C(C)(C)C)c6)cc3c54)cc(-c3c([2H])c([2H])c([2H])c([2H])c3[2H])c2)c([2H])c1[2H]. The van der Waals surface area contributed by atoms with Gasteiger partial charge in [0.15, 0.2) is 17.5 Å². The highest BCUT2D eigenvalue weighted by Crippen LogP contribution is 2.53. The summed E-state index contributed by atoms with van der Waals surface area (Å²) in [6, 6.07) is 75.8. The van der Waals surface area contributed by atoms with Crippen molar-refractivity contribution in [3.63, 3.8) is 0 Å². The van der Waals surface area contributed by atoms with Crippen LogP contribution in [0.1, 0.15) is 198 Å². The molecule has 115 heavy (non-hydrogen) atoms. The van der Waals surface area contributed by atoms with Gasteiger partial charge in [-0.2, -0.15) is 0 Å². The minimum atomic E-state index is -0.566. The Balaban J connectivity index is 1.11. The molecule has 6 heteroatoms. The molecular weight excluding hydrogens is 1390 g/mol. The van der Waals surface area contributed by atoms with Crippen molar-refractivity contribution in [2.24, 2.45) is 0 Å². The summed E-state index contributed by atoms with van der Waals surface area (Å²) < 4.78 is 92.9. The average Bonchev–Trinajstić information content (AvgIpc) is 0.687. The van der Waals surface area contributed by atoms with Crippen LogP contribution < -0.4 is 26.2 Å². The molecule has 0 N–H and O–H groups in total. The molecule has 5 nitrogen and oxygen atoms in total. The summed E-state index contributed by atoms with van der Waals surface area (Å²) in [5, 5.41) is 0. The highest BCUT2D eigenvalue weighted by atomic mass is 15.2. The van der Waals surface area contributed by atoms with E-state index in [0.29, 0.717) is 34.3 Å². The van der Waals surface area contributed by atoms with E-state index in [9.17, 15) is 5.48 Å². The molecular formula is C109H110BN5. The van der Waals surface area contributed by atoms with Gasteiger partial charge in [0.1, 0.15) is 0 Å². The smallest absolute Gasteiger partial charge is 0.252 e. The molecule has 0 spiro atoms. The van der Waals surface area contributed by atoms with Crippen LogP contribution in [0.4, 0.5) is 34.1 Å². The second-order valence-electron chi connectivity index (χ2n) is 38.8. The van der Waals surface area contributed by atoms with Gasteiger partial charge in [0.25, 0.3) is 6.71 Å². The van der Waals surface area contributed by atoms with Crippen LogP contribution in [-0.2, 0) is 37.9 Å². The van der Waals surface area contributed by atoms with E-state index < -0.39 is 72.6 Å². The third-order valence-electron chi connectivity index (χ3n) is 23.1. The summed E-state index contributed by atoms with van der Waals surface area (Å²) in [6.45, 7) is 46.8. The highest BCUT2D eigenvalue weighted by molar-refractivity contribution is 7.00. The molecule has 0 amide bonds. The molecule has 0 saturated carbocycles. The maximum absolute atomic E-state index is 9.66. The van der Waals surface area contributed by atoms with Crippen molar-refractivity contribution in [2.45, 2.75) is 183 Å². The van der Waals surface area contributed by atoms with E-state index in [1.807, 2.05) is 72.8 Å². The molecule has 1 aromatic heterocycles. The number of hydrogen-bond donors (Lipinski definition) is 0. The van der Waals surface area contributed by atoms with E-state index in [4.69, 9.17) is 23.2 Å². The predicted molar refractivity (Wildman–Crippen MR) is 494 cm³/mol. The summed E-state index contributed by atoms with van der Waals surface area (Å²) in [5.74, 6) is 1.53. The van der Waals surface area contributed by atoms with Gasteiger partial charge in [-0.15, -0.1) is 0 Å². The van der Waals surface area contributed by atoms with Crippen LogP contribution in [0.5, 0.6) is 0 Å². The van der Waals surface area contributed by atoms with E-state index in [0.717, 1.165) is 112 Å². The normalized spacial score (nSPS) is 14.4. The van der Waals surface area contributed by atoms with Gasteiger partial charge in [0, 0.05) is 45.0 Å². The van der Waals surface area contributed by atoms with Crippen molar-refractivity contribution in [2.75, 3.05) is 9.80 Å². The number of rotatable bonds is 11. The summed E-state index contributed by atoms with van der Waals surface area (Å²) in [7, 11) is 0. The van der Waals surface area contributed by atoms with Crippen molar-refractivity contribution in [1.82, 2.24) is 15.0 Å². The quantitative estimate of drug-likeness (QED) is 0.121. The first-order chi connectivity index (χ1) is 58.5. The maximum atomic E-state index is 9.66. The molecule has 16 rings (SSSR count). The Morgan fingerprint density at radius 2 is 0.548 bits per heavy atom. The number of aromatic nitrogens is 3. The fourth-order valence-corrected chi connectivity index (χ4v) is 16.1. The fourth-order valence-electron chi connectivity index (χ4n) is 16.1. The highest BCUT2D eigenvalue weighted by Gasteiger charge is 2.46. The van der Waals surface area contributed by atoms with Crippen molar-refractivity contribution in [1.29, 1.82) is 0 Å². The van der Waals surface area contributed by atoms with Crippen LogP contribution in [0.2, 0.25) is 0 Å². The van der Waals surface area contributed by atoms with Crippen LogP contribution >= 0.6 is 0 Å². The largest absolute Gasteiger partial charge is 0.311 e. The van der Waals surface area contributed by atoms with Gasteiger partial charge in [-0.05, 0) is 221 Å². The molecule has 13 aromatic carbocycles. The lowest BCUT2D eigenvalue weighted by Gasteiger charge is -2.45. The maximum Gasteiger partial charge on any atom is 0.252 e. The zero-order valence-electron chi connectivity index (χ0n) is 80.7. The first-order valence-corrected chi connectivity index (χ1v) is 40.5. The fraction of sp³-hybridized carbons (Fsp3) is 0.257. The van der Waals surface area contributed by atoms with E-state index in [1.54, 1.807) is 6.07 Å². The molecule has 574 valence electrons. The molecule has 3 heterocycles. The molecule has 0 bridgehead atoms. The summed E-state index contributed by atoms with van der Waals surface area (Å²) in [4.78, 5) is 21.5. The Labute approximate surface area is 699 Å². The second kappa shape index (κ2) is 28.8. The number of fused-ring (bicyclic) bond motifs is 4. The molecule has 0 aliphatic carbocycles. The first-order valence-electron chi connectivity index (χ1n) is 45.5. The third-order valence-corrected chi connectivity index (χ3v) is 23.1. The van der Waals surface area contributed by atoms with Gasteiger partial charge in [-0.3, -0.25) is 0 Å². The number of hydrogen-bond acceptors (Lipinski definition) is 5. The van der Waals surface area contributed by atoms with E-state index in [1.165, 1.54) is 22.3 Å². The predicted octanol–water partition coefficient (Wildman–Crippen LogP) is 28.0. The topological polar surface area (TPSA) is 45.2 Å². The minimum absolute atomic E-state index is 0.111. The lowest BCUT2D eigenvalue weighted by Crippen LogP contribution is -2.61. The molecule has 0 saturated heterocycles. The van der Waals surface area contributed by atoms with Gasteiger partial charge in [-0.25, -0.2) is 15.0 Å². The molecule has 0 atom stereocenters. The molecule has 0 unspecified atom stereocenters. The molecule has 14 aromatic rings. The van der Waals surface area contributed by atoms with Crippen LogP contribution in [0.3, 0.4) is 0 Å². The van der Waals surface area contributed by atoms with Crippen molar-refractivity contribution in [3.05, 3.63) is 324 Å². The lowest BCUT2D eigenvalue weighted by atomic mass is 9.33. The van der Waals surface area contributed by atoms with Crippen molar-refractivity contribution < 1.29 is 13.7 Å². The zero-order chi connectivity index (χ0) is 89.9. The zero-order valence-corrected chi connectivity index (χ0v) is 70.7. The second-order valence-corrected chi connectivity index (χ2v) is 38.8. The van der Waals surface area contributed by atoms with E-state index in [-0.39, 0.29) is 54.7 Å². The minimum Gasteiger partial charge on any atom is -0.311 e. The van der Waals surface area contributed by atoms with Crippen molar-refractivity contribution >= 4 is 57.2 Å². The molecule has 2 aliphatic heterocycles. The van der Waals surface area contributed by atoms with Crippen LogP contribution in [-0.4, -0.2) is 21.7 Å². The van der Waals surface area contributed by atoms with Crippen LogP contribution in [0.15, 0.2) is 285 Å². The number of nitrogens with zero attached hydrogens (tertiary/aromatic N) is 5. The summed E-state index contributed by atoms with van der Waals surface area (Å²) >= 11 is 0. The lowest BCUT2D eigenvalue weighted by molar-refractivity contribution is 0.568. The van der Waals surface area contributed by atoms with E-state index >= 15 is 0 Å². The molecule has 2 aliphatic rings. The monoisotopic (exact) mass is 1510 g/mol. The summed E-state index contributed by atoms with van der Waals surface area (Å²) in [6.07, 6.45) is 0. The van der Waals surface area contributed by atoms with Gasteiger partial charge >= 0.3 is 0 Å². The van der Waals surface area contributed by atoms with Gasteiger partial charge in [0.2, 0.25) is 0 Å². The van der Waals surface area contributed by atoms with Crippen LogP contribution in [0, 0.1) is 0 Å². The summed E-state index contributed by atoms with van der Waals surface area (Å²) in [5.41, 5.74) is 23.9. The standard InChI is InChI=1S/C109H110BN5/c1-103(2,3)82-44-34-43-73(56-82)80-63-97-99-98(64-80)115(94-52-48-84(105(7,8)9)68-90(94)102-112-100(71-39-30-24-31-40-71)111-101(113-102)72-41-32-25-33-42-72)96-62-75(79-59-87(108(16,17)18)66-88(60-79)109(19,20)21)46-50-92(96)110(99)91-49-45-74(78-57-85(106(10,11)12)65-86(58-78)107(13,14)15)61-95(91)114(97)93-51-47-83(104(4,5)6)67-89(93)81-54-76(69-35-26-22-27-36-69)53-77(55-81)70-37-28-23-29-38-70/h22-68H,1-21H3/i22D,23D,26D,27D,28D,29D,35D,36D,37D,38D. The van der Waals surface area contributed by atoms with Gasteiger partial charge in [0.05, 0.1) is 25.1 Å². The average molecular weight is 1510 g/mol. The Kier molecular flexibility index (Phi) is 16.5. The van der Waals surface area contributed by atoms with Gasteiger partial charge < -0.3 is 9.80 Å². The Bertz CT molecular complexity index is 6460. The molecule has 0 fully saturated rings. The molecule has 0 radical (unpaired) electrons. The Morgan fingerprint density at radius 1 is 0.226 bits per heavy atom. The number of anilines is 6. The van der Waals surface area contributed by atoms with E-state index in [2.05, 4.69) is 301 Å². The van der Waals surface area contributed by atoms with Crippen molar-refractivity contribution in [3.8, 4) is 101 Å². The van der Waals surface area contributed by atoms with Crippen LogP contribution in [0.25, 0.3) is 101 Å². The third kappa shape index (κ3) is 15.3. The number of benzene rings is 13. The Hall–Kier alpha value is -11.5. The first kappa shape index (κ1) is 65.9. The van der Waals surface area contributed by atoms with Gasteiger partial charge in [-0.1, -0.05) is 364 Å². The Morgan fingerprint density at radius 3 is 0.957 bits per heavy atom.